The third-order valence-corrected chi connectivity index (χ3v) is 5.76. The van der Waals surface area contributed by atoms with Crippen LogP contribution in [-0.4, -0.2) is 35.3 Å². The fourth-order valence-electron chi connectivity index (χ4n) is 4.03. The molecule has 4 nitrogen and oxygen atoms in total. The van der Waals surface area contributed by atoms with Crippen LogP contribution in [0.5, 0.6) is 0 Å². The number of amides is 2. The average Bonchev–Trinajstić information content (AvgIpc) is 2.98. The molecule has 20 heavy (non-hydrogen) atoms. The van der Waals surface area contributed by atoms with Gasteiger partial charge in [-0.3, -0.25) is 14.5 Å². The normalized spacial score (nSPS) is 30.1. The molecule has 1 N–H and O–H groups in total. The summed E-state index contributed by atoms with van der Waals surface area (Å²) in [5.41, 5.74) is 0.393. The summed E-state index contributed by atoms with van der Waals surface area (Å²) in [5.74, 6) is 0.0750. The number of hydrogen-bond acceptors (Lipinski definition) is 3. The number of nitrogens with zero attached hydrogens (tertiary/aromatic N) is 1. The lowest BCUT2D eigenvalue weighted by molar-refractivity contribution is -0.141. The first kappa shape index (κ1) is 14.1. The molecule has 4 heteroatoms. The first-order valence-corrected chi connectivity index (χ1v) is 8.24. The number of carbonyl (C=O) groups is 2. The van der Waals surface area contributed by atoms with Gasteiger partial charge >= 0.3 is 0 Å². The van der Waals surface area contributed by atoms with E-state index >= 15 is 0 Å². The van der Waals surface area contributed by atoms with Crippen LogP contribution < -0.4 is 5.32 Å². The lowest BCUT2D eigenvalue weighted by Crippen LogP contribution is -2.47. The van der Waals surface area contributed by atoms with Crippen LogP contribution in [0.4, 0.5) is 0 Å². The van der Waals surface area contributed by atoms with E-state index in [2.05, 4.69) is 12.2 Å². The molecule has 112 valence electrons. The average molecular weight is 278 g/mol. The van der Waals surface area contributed by atoms with Crippen molar-refractivity contribution in [3.8, 4) is 0 Å². The zero-order valence-corrected chi connectivity index (χ0v) is 12.5. The van der Waals surface area contributed by atoms with Gasteiger partial charge in [0.15, 0.2) is 0 Å². The van der Waals surface area contributed by atoms with Crippen LogP contribution in [0.25, 0.3) is 0 Å². The smallest absolute Gasteiger partial charge is 0.247 e. The van der Waals surface area contributed by atoms with Crippen LogP contribution >= 0.6 is 0 Å². The predicted octanol–water partition coefficient (Wildman–Crippen LogP) is 2.23. The molecule has 1 saturated heterocycles. The standard InChI is InChI=1S/C16H26N2O2/c1-2-16(8-5-9-16)11-17-13-10-14(19)18(15(13)20)12-6-3-4-7-12/h12-13,17H,2-11H2,1H3. The molecule has 3 aliphatic rings. The Bertz CT molecular complexity index is 392. The maximum absolute atomic E-state index is 12.5. The summed E-state index contributed by atoms with van der Waals surface area (Å²) in [6.07, 6.45) is 9.68. The molecule has 2 amide bonds. The van der Waals surface area contributed by atoms with E-state index in [9.17, 15) is 9.59 Å². The van der Waals surface area contributed by atoms with E-state index in [1.54, 1.807) is 4.90 Å². The first-order chi connectivity index (χ1) is 9.65. The molecule has 2 aliphatic carbocycles. The second-order valence-electron chi connectivity index (χ2n) is 6.88. The molecular weight excluding hydrogens is 252 g/mol. The molecule has 0 spiro atoms. The van der Waals surface area contributed by atoms with E-state index in [0.29, 0.717) is 11.8 Å². The van der Waals surface area contributed by atoms with Gasteiger partial charge in [-0.1, -0.05) is 26.2 Å². The predicted molar refractivity (Wildman–Crippen MR) is 77.1 cm³/mol. The summed E-state index contributed by atoms with van der Waals surface area (Å²) in [7, 11) is 0. The number of nitrogens with one attached hydrogen (secondary N) is 1. The molecule has 0 aromatic heterocycles. The number of imide groups is 1. The summed E-state index contributed by atoms with van der Waals surface area (Å²) in [4.78, 5) is 26.2. The highest BCUT2D eigenvalue weighted by molar-refractivity contribution is 6.05. The van der Waals surface area contributed by atoms with Crippen molar-refractivity contribution in [1.82, 2.24) is 10.2 Å². The van der Waals surface area contributed by atoms with Gasteiger partial charge in [0.25, 0.3) is 0 Å². The maximum Gasteiger partial charge on any atom is 0.247 e. The van der Waals surface area contributed by atoms with Gasteiger partial charge in [0.1, 0.15) is 0 Å². The summed E-state index contributed by atoms with van der Waals surface area (Å²) >= 11 is 0. The van der Waals surface area contributed by atoms with Crippen molar-refractivity contribution in [2.45, 2.75) is 76.8 Å². The van der Waals surface area contributed by atoms with Crippen molar-refractivity contribution in [3.63, 3.8) is 0 Å². The van der Waals surface area contributed by atoms with Gasteiger partial charge in [0, 0.05) is 12.6 Å². The van der Waals surface area contributed by atoms with Crippen molar-refractivity contribution in [1.29, 1.82) is 0 Å². The van der Waals surface area contributed by atoms with Crippen LogP contribution in [0.2, 0.25) is 0 Å². The van der Waals surface area contributed by atoms with Gasteiger partial charge in [-0.15, -0.1) is 0 Å². The van der Waals surface area contributed by atoms with Crippen molar-refractivity contribution in [3.05, 3.63) is 0 Å². The van der Waals surface area contributed by atoms with E-state index < -0.39 is 0 Å². The van der Waals surface area contributed by atoms with Gasteiger partial charge in [-0.05, 0) is 37.5 Å². The zero-order valence-electron chi connectivity index (χ0n) is 12.5. The molecule has 2 saturated carbocycles. The second-order valence-corrected chi connectivity index (χ2v) is 6.88. The van der Waals surface area contributed by atoms with Crippen molar-refractivity contribution in [2.75, 3.05) is 6.54 Å². The Morgan fingerprint density at radius 2 is 1.90 bits per heavy atom. The van der Waals surface area contributed by atoms with Gasteiger partial charge in [0.2, 0.25) is 11.8 Å². The molecule has 0 aromatic rings. The largest absolute Gasteiger partial charge is 0.305 e. The van der Waals surface area contributed by atoms with Crippen LogP contribution in [0.15, 0.2) is 0 Å². The molecule has 1 unspecified atom stereocenters. The Morgan fingerprint density at radius 1 is 1.20 bits per heavy atom. The van der Waals surface area contributed by atoms with Crippen LogP contribution in [0.1, 0.15) is 64.7 Å². The Kier molecular flexibility index (Phi) is 3.85. The zero-order chi connectivity index (χ0) is 14.2. The SMILES string of the molecule is CCC1(CNC2CC(=O)N(C3CCCC3)C2=O)CCC1. The third-order valence-electron chi connectivity index (χ3n) is 5.76. The molecule has 3 rings (SSSR count). The first-order valence-electron chi connectivity index (χ1n) is 8.24. The van der Waals surface area contributed by atoms with Crippen molar-refractivity contribution >= 4 is 11.8 Å². The van der Waals surface area contributed by atoms with Gasteiger partial charge < -0.3 is 5.32 Å². The van der Waals surface area contributed by atoms with Crippen LogP contribution in [0.3, 0.4) is 0 Å². The lowest BCUT2D eigenvalue weighted by atomic mass is 9.67. The highest BCUT2D eigenvalue weighted by Crippen LogP contribution is 2.43. The quantitative estimate of drug-likeness (QED) is 0.785. The molecular formula is C16H26N2O2. The molecule has 0 bridgehead atoms. The van der Waals surface area contributed by atoms with E-state index in [1.165, 1.54) is 25.7 Å². The monoisotopic (exact) mass is 278 g/mol. The van der Waals surface area contributed by atoms with E-state index in [1.807, 2.05) is 0 Å². The number of likely N-dealkylation sites (tertiary alicyclic amines) is 1. The summed E-state index contributed by atoms with van der Waals surface area (Å²) in [5, 5.41) is 3.40. The van der Waals surface area contributed by atoms with Crippen molar-refractivity contribution in [2.24, 2.45) is 5.41 Å². The fraction of sp³-hybridized carbons (Fsp3) is 0.875. The van der Waals surface area contributed by atoms with Gasteiger partial charge in [0.05, 0.1) is 12.5 Å². The number of hydrogen-bond donors (Lipinski definition) is 1. The maximum atomic E-state index is 12.5. The Labute approximate surface area is 121 Å². The molecule has 1 atom stereocenters. The van der Waals surface area contributed by atoms with Gasteiger partial charge in [-0.2, -0.15) is 0 Å². The minimum Gasteiger partial charge on any atom is -0.305 e. The lowest BCUT2D eigenvalue weighted by Gasteiger charge is -2.42. The van der Waals surface area contributed by atoms with Crippen LogP contribution in [-0.2, 0) is 9.59 Å². The highest BCUT2D eigenvalue weighted by Gasteiger charge is 2.44. The second kappa shape index (κ2) is 5.47. The summed E-state index contributed by atoms with van der Waals surface area (Å²) in [6, 6.07) is -0.0715. The molecule has 1 heterocycles. The summed E-state index contributed by atoms with van der Waals surface area (Å²) < 4.78 is 0. The Balaban J connectivity index is 1.58. The Morgan fingerprint density at radius 3 is 2.45 bits per heavy atom. The van der Waals surface area contributed by atoms with E-state index in [4.69, 9.17) is 0 Å². The molecule has 0 aromatic carbocycles. The van der Waals surface area contributed by atoms with Gasteiger partial charge in [-0.25, -0.2) is 0 Å². The Hall–Kier alpha value is -0.900. The third kappa shape index (κ3) is 2.39. The summed E-state index contributed by atoms with van der Waals surface area (Å²) in [6.45, 7) is 3.12. The number of carbonyl (C=O) groups excluding carboxylic acids is 2. The van der Waals surface area contributed by atoms with Crippen LogP contribution in [0, 0.1) is 5.41 Å². The van der Waals surface area contributed by atoms with Crippen molar-refractivity contribution < 1.29 is 9.59 Å². The molecule has 3 fully saturated rings. The van der Waals surface area contributed by atoms with E-state index in [-0.39, 0.29) is 23.9 Å². The van der Waals surface area contributed by atoms with E-state index in [0.717, 1.165) is 32.2 Å². The highest BCUT2D eigenvalue weighted by atomic mass is 16.2. The molecule has 1 aliphatic heterocycles. The number of rotatable bonds is 5. The topological polar surface area (TPSA) is 49.4 Å². The minimum atomic E-state index is -0.257. The molecule has 0 radical (unpaired) electrons. The fourth-order valence-corrected chi connectivity index (χ4v) is 4.03. The minimum absolute atomic E-state index is 0.0347.